The number of aliphatic hydroxyl groups excluding tert-OH is 1. The summed E-state index contributed by atoms with van der Waals surface area (Å²) in [4.78, 5) is 24.4. The monoisotopic (exact) mass is 450 g/mol. The minimum atomic E-state index is -2.07. The summed E-state index contributed by atoms with van der Waals surface area (Å²) in [6, 6.07) is 0. The van der Waals surface area contributed by atoms with Crippen LogP contribution < -0.4 is 0 Å². The van der Waals surface area contributed by atoms with Crippen molar-refractivity contribution in [1.29, 1.82) is 0 Å². The first-order valence-electron chi connectivity index (χ1n) is 12.3. The van der Waals surface area contributed by atoms with Crippen LogP contribution in [-0.4, -0.2) is 34.7 Å². The number of rotatable bonds is 5. The maximum Gasteiger partial charge on any atom is 0.306 e. The van der Waals surface area contributed by atoms with E-state index in [4.69, 9.17) is 4.74 Å². The van der Waals surface area contributed by atoms with Crippen molar-refractivity contribution in [2.75, 3.05) is 0 Å². The highest BCUT2D eigenvalue weighted by molar-refractivity contribution is 6.04. The molecule has 4 aliphatic rings. The van der Waals surface area contributed by atoms with Gasteiger partial charge in [-0.15, -0.1) is 0 Å². The van der Waals surface area contributed by atoms with Gasteiger partial charge in [0.1, 0.15) is 6.10 Å². The molecule has 0 heterocycles. The number of alkyl halides is 1. The van der Waals surface area contributed by atoms with Crippen LogP contribution in [0.3, 0.4) is 0 Å². The summed E-state index contributed by atoms with van der Waals surface area (Å²) >= 11 is 0. The van der Waals surface area contributed by atoms with Gasteiger partial charge in [-0.1, -0.05) is 33.3 Å². The van der Waals surface area contributed by atoms with Crippen molar-refractivity contribution in [3.8, 4) is 0 Å². The van der Waals surface area contributed by atoms with Gasteiger partial charge in [-0.2, -0.15) is 0 Å². The fourth-order valence-electron chi connectivity index (χ4n) is 7.74. The molecule has 32 heavy (non-hydrogen) atoms. The van der Waals surface area contributed by atoms with E-state index in [1.54, 1.807) is 6.92 Å². The summed E-state index contributed by atoms with van der Waals surface area (Å²) in [5, 5.41) is 11.4. The highest BCUT2D eigenvalue weighted by Crippen LogP contribution is 2.70. The Bertz CT molecular complexity index is 866. The van der Waals surface area contributed by atoms with Crippen molar-refractivity contribution in [3.63, 3.8) is 0 Å². The lowest BCUT2D eigenvalue weighted by atomic mass is 9.45. The first kappa shape index (κ1) is 23.6. The molecule has 3 saturated carbocycles. The van der Waals surface area contributed by atoms with E-state index in [-0.39, 0.29) is 35.9 Å². The number of fused-ring (bicyclic) bond motifs is 5. The van der Waals surface area contributed by atoms with Crippen LogP contribution in [0.4, 0.5) is 8.78 Å². The summed E-state index contributed by atoms with van der Waals surface area (Å²) < 4.78 is 37.9. The van der Waals surface area contributed by atoms with Crippen LogP contribution in [0, 0.1) is 28.6 Å². The summed E-state index contributed by atoms with van der Waals surface area (Å²) in [5.41, 5.74) is -3.74. The van der Waals surface area contributed by atoms with Gasteiger partial charge in [0.05, 0.1) is 6.10 Å². The maximum absolute atomic E-state index is 17.1. The number of carbonyl (C=O) groups excluding carboxylic acids is 2. The van der Waals surface area contributed by atoms with E-state index in [1.807, 2.05) is 13.8 Å². The van der Waals surface area contributed by atoms with Crippen LogP contribution in [0.25, 0.3) is 0 Å². The first-order valence-corrected chi connectivity index (χ1v) is 12.3. The molecule has 1 N–H and O–H groups in total. The minimum Gasteiger partial charge on any atom is -0.461 e. The van der Waals surface area contributed by atoms with Gasteiger partial charge in [-0.25, -0.2) is 8.78 Å². The molecular weight excluding hydrogens is 414 g/mol. The van der Waals surface area contributed by atoms with Crippen LogP contribution in [0.15, 0.2) is 23.6 Å². The molecule has 0 amide bonds. The fraction of sp³-hybridized carbons (Fsp3) is 0.769. The van der Waals surface area contributed by atoms with Crippen LogP contribution in [0.2, 0.25) is 0 Å². The fourth-order valence-corrected chi connectivity index (χ4v) is 7.74. The zero-order chi connectivity index (χ0) is 23.5. The molecule has 0 unspecified atom stereocenters. The number of hydrogen-bond donors (Lipinski definition) is 1. The van der Waals surface area contributed by atoms with Gasteiger partial charge in [0.2, 0.25) is 5.78 Å². The molecule has 6 heteroatoms. The van der Waals surface area contributed by atoms with E-state index in [0.29, 0.717) is 32.1 Å². The smallest absolute Gasteiger partial charge is 0.306 e. The number of aliphatic hydroxyl groups is 1. The molecule has 0 aromatic carbocycles. The summed E-state index contributed by atoms with van der Waals surface area (Å²) in [6.07, 6.45) is 5.18. The number of esters is 1. The zero-order valence-electron chi connectivity index (χ0n) is 19.6. The Hall–Kier alpha value is -1.56. The molecule has 4 aliphatic carbocycles. The average molecular weight is 451 g/mol. The van der Waals surface area contributed by atoms with E-state index < -0.39 is 40.1 Å². The highest BCUT2D eigenvalue weighted by Gasteiger charge is 2.72. The summed E-state index contributed by atoms with van der Waals surface area (Å²) in [5.74, 6) is -2.32. The predicted octanol–water partition coefficient (Wildman–Crippen LogP) is 5.39. The molecule has 3 fully saturated rings. The van der Waals surface area contributed by atoms with E-state index in [1.165, 1.54) is 6.08 Å². The minimum absolute atomic E-state index is 0.0602. The third-order valence-electron chi connectivity index (χ3n) is 9.36. The van der Waals surface area contributed by atoms with Crippen molar-refractivity contribution in [2.45, 2.75) is 96.9 Å². The van der Waals surface area contributed by atoms with Crippen LogP contribution in [0.5, 0.6) is 0 Å². The van der Waals surface area contributed by atoms with E-state index in [0.717, 1.165) is 18.9 Å². The Labute approximate surface area is 189 Å². The summed E-state index contributed by atoms with van der Waals surface area (Å²) in [7, 11) is 0. The van der Waals surface area contributed by atoms with Gasteiger partial charge in [0.15, 0.2) is 11.5 Å². The number of ketones is 1. The van der Waals surface area contributed by atoms with Crippen LogP contribution in [0.1, 0.15) is 79.1 Å². The van der Waals surface area contributed by atoms with E-state index in [2.05, 4.69) is 6.92 Å². The second-order valence-electron chi connectivity index (χ2n) is 10.7. The molecule has 8 atom stereocenters. The largest absolute Gasteiger partial charge is 0.461 e. The molecule has 0 aliphatic heterocycles. The van der Waals surface area contributed by atoms with E-state index >= 15 is 4.39 Å². The number of ether oxygens (including phenoxy) is 1. The maximum atomic E-state index is 17.1. The van der Waals surface area contributed by atoms with Crippen LogP contribution in [-0.2, 0) is 14.3 Å². The van der Waals surface area contributed by atoms with Crippen LogP contribution >= 0.6 is 0 Å². The Balaban J connectivity index is 1.73. The predicted molar refractivity (Wildman–Crippen MR) is 117 cm³/mol. The number of halogens is 2. The zero-order valence-corrected chi connectivity index (χ0v) is 19.6. The molecule has 178 valence electrons. The van der Waals surface area contributed by atoms with Gasteiger partial charge in [0, 0.05) is 23.2 Å². The van der Waals surface area contributed by atoms with Crippen molar-refractivity contribution in [3.05, 3.63) is 23.6 Å². The Morgan fingerprint density at radius 1 is 1.31 bits per heavy atom. The van der Waals surface area contributed by atoms with Gasteiger partial charge in [0.25, 0.3) is 0 Å². The number of allylic oxidation sites excluding steroid dienone is 4. The normalized spacial score (nSPS) is 45.3. The Kier molecular flexibility index (Phi) is 5.92. The van der Waals surface area contributed by atoms with E-state index in [9.17, 15) is 19.1 Å². The third-order valence-corrected chi connectivity index (χ3v) is 9.36. The quantitative estimate of drug-likeness (QED) is 0.570. The first-order chi connectivity index (χ1) is 15.1. The summed E-state index contributed by atoms with van der Waals surface area (Å²) in [6.45, 7) is 7.73. The second-order valence-corrected chi connectivity index (χ2v) is 10.7. The second kappa shape index (κ2) is 8.03. The average Bonchev–Trinajstić information content (AvgIpc) is 3.02. The number of hydrogen-bond acceptors (Lipinski definition) is 4. The lowest BCUT2D eigenvalue weighted by Gasteiger charge is -2.62. The van der Waals surface area contributed by atoms with Gasteiger partial charge in [-0.05, 0) is 68.9 Å². The third kappa shape index (κ3) is 3.00. The number of unbranched alkanes of at least 4 members (excludes halogenated alkanes) is 1. The molecule has 0 aromatic rings. The topological polar surface area (TPSA) is 63.6 Å². The molecule has 4 nitrogen and oxygen atoms in total. The molecule has 0 bridgehead atoms. The lowest BCUT2D eigenvalue weighted by Crippen LogP contribution is -2.67. The molecule has 4 rings (SSSR count). The molecule has 0 spiro atoms. The Morgan fingerprint density at radius 2 is 2.03 bits per heavy atom. The molecule has 0 aromatic heterocycles. The SMILES string of the molecule is CCCCC(=O)O[C@@H]1[C@@H](C)C[C@H]2[C@@H]3CCC4=C(F)C(=O)C=C[C@]4(C)[C@@]3(F)[C@@H](O)C[C@]12CC. The van der Waals surface area contributed by atoms with Crippen molar-refractivity contribution >= 4 is 11.8 Å². The number of carbonyl (C=O) groups is 2. The highest BCUT2D eigenvalue weighted by atomic mass is 19.1. The standard InChI is InChI=1S/C26H36F2O4/c1-5-7-8-21(31)32-23-15(3)13-18-16-9-10-17-22(27)19(29)11-12-24(17,4)26(16,28)20(30)14-25(18,23)6-2/h11-12,15-16,18,20,23,30H,5-10,13-14H2,1-4H3/t15-,16-,18-,20-,23+,24-,25-,26-/m0/s1. The molecule has 0 radical (unpaired) electrons. The van der Waals surface area contributed by atoms with Crippen molar-refractivity contribution in [1.82, 2.24) is 0 Å². The molecule has 0 saturated heterocycles. The molecular formula is C26H36F2O4. The van der Waals surface area contributed by atoms with Gasteiger partial charge in [-0.3, -0.25) is 9.59 Å². The van der Waals surface area contributed by atoms with Gasteiger partial charge < -0.3 is 9.84 Å². The Morgan fingerprint density at radius 3 is 2.69 bits per heavy atom. The van der Waals surface area contributed by atoms with Crippen molar-refractivity contribution in [2.24, 2.45) is 28.6 Å². The van der Waals surface area contributed by atoms with Crippen molar-refractivity contribution < 1.29 is 28.2 Å². The lowest BCUT2D eigenvalue weighted by molar-refractivity contribution is -0.212. The van der Waals surface area contributed by atoms with Gasteiger partial charge >= 0.3 is 5.97 Å².